The summed E-state index contributed by atoms with van der Waals surface area (Å²) in [6, 6.07) is 3.72. The summed E-state index contributed by atoms with van der Waals surface area (Å²) in [6.45, 7) is 6.80. The molecule has 4 nitrogen and oxygen atoms in total. The number of likely N-dealkylation sites (tertiary alicyclic amines) is 1. The van der Waals surface area contributed by atoms with Gasteiger partial charge in [-0.05, 0) is 37.8 Å². The van der Waals surface area contributed by atoms with Gasteiger partial charge >= 0.3 is 0 Å². The van der Waals surface area contributed by atoms with Crippen LogP contribution >= 0.6 is 0 Å². The van der Waals surface area contributed by atoms with Crippen molar-refractivity contribution in [1.82, 2.24) is 9.88 Å². The summed E-state index contributed by atoms with van der Waals surface area (Å²) >= 11 is 0. The number of anilines is 1. The predicted molar refractivity (Wildman–Crippen MR) is 72.7 cm³/mol. The minimum absolute atomic E-state index is 0.108. The number of carbonyl (C=O) groups is 1. The van der Waals surface area contributed by atoms with Crippen LogP contribution in [0.5, 0.6) is 0 Å². The van der Waals surface area contributed by atoms with Crippen LogP contribution in [0.25, 0.3) is 0 Å². The van der Waals surface area contributed by atoms with Crippen molar-refractivity contribution in [3.05, 3.63) is 23.9 Å². The van der Waals surface area contributed by atoms with Gasteiger partial charge in [-0.2, -0.15) is 0 Å². The fourth-order valence-electron chi connectivity index (χ4n) is 2.36. The molecule has 0 aromatic carbocycles. The average Bonchev–Trinajstić information content (AvgIpc) is 2.39. The first-order valence-corrected chi connectivity index (χ1v) is 6.70. The second-order valence-corrected chi connectivity index (χ2v) is 4.96. The molecule has 1 N–H and O–H groups in total. The highest BCUT2D eigenvalue weighted by Gasteiger charge is 2.22. The van der Waals surface area contributed by atoms with Crippen molar-refractivity contribution in [3.8, 4) is 0 Å². The molecule has 1 fully saturated rings. The normalized spacial score (nSPS) is 19.7. The van der Waals surface area contributed by atoms with Crippen LogP contribution in [0.15, 0.2) is 18.3 Å². The molecule has 0 bridgehead atoms. The van der Waals surface area contributed by atoms with Crippen molar-refractivity contribution < 1.29 is 4.79 Å². The van der Waals surface area contributed by atoms with E-state index in [1.54, 1.807) is 6.20 Å². The first-order chi connectivity index (χ1) is 8.70. The molecular weight excluding hydrogens is 226 g/mol. The van der Waals surface area contributed by atoms with Gasteiger partial charge in [-0.15, -0.1) is 0 Å². The fraction of sp³-hybridized carbons (Fsp3) is 0.571. The second-order valence-electron chi connectivity index (χ2n) is 4.96. The van der Waals surface area contributed by atoms with E-state index in [1.165, 1.54) is 6.42 Å². The minimum Gasteiger partial charge on any atom is -0.370 e. The molecule has 1 atom stereocenters. The molecule has 1 aromatic rings. The molecule has 0 aliphatic carbocycles. The molecule has 1 aliphatic heterocycles. The van der Waals surface area contributed by atoms with E-state index in [9.17, 15) is 4.79 Å². The number of aromatic nitrogens is 1. The summed E-state index contributed by atoms with van der Waals surface area (Å²) in [5.74, 6) is 1.54. The number of hydrogen-bond donors (Lipinski definition) is 1. The SMILES string of the molecule is CCNc1ccc(C(=O)N2CCCC(C)C2)cn1. The van der Waals surface area contributed by atoms with Gasteiger partial charge in [-0.3, -0.25) is 4.79 Å². The van der Waals surface area contributed by atoms with Crippen molar-refractivity contribution in [3.63, 3.8) is 0 Å². The number of piperidine rings is 1. The molecular formula is C14H21N3O. The van der Waals surface area contributed by atoms with E-state index < -0.39 is 0 Å². The first-order valence-electron chi connectivity index (χ1n) is 6.70. The van der Waals surface area contributed by atoms with Crippen LogP contribution in [0.3, 0.4) is 0 Å². The zero-order valence-electron chi connectivity index (χ0n) is 11.1. The lowest BCUT2D eigenvalue weighted by Crippen LogP contribution is -2.39. The van der Waals surface area contributed by atoms with E-state index in [2.05, 4.69) is 17.2 Å². The molecule has 1 aromatic heterocycles. The van der Waals surface area contributed by atoms with E-state index in [4.69, 9.17) is 0 Å². The third kappa shape index (κ3) is 3.00. The van der Waals surface area contributed by atoms with Crippen molar-refractivity contribution >= 4 is 11.7 Å². The number of nitrogens with one attached hydrogen (secondary N) is 1. The van der Waals surface area contributed by atoms with Crippen LogP contribution < -0.4 is 5.32 Å². The number of carbonyl (C=O) groups excluding carboxylic acids is 1. The molecule has 1 saturated heterocycles. The van der Waals surface area contributed by atoms with Crippen molar-refractivity contribution in [2.24, 2.45) is 5.92 Å². The van der Waals surface area contributed by atoms with Crippen LogP contribution in [0.4, 0.5) is 5.82 Å². The molecule has 1 unspecified atom stereocenters. The number of hydrogen-bond acceptors (Lipinski definition) is 3. The Morgan fingerprint density at radius 1 is 1.56 bits per heavy atom. The van der Waals surface area contributed by atoms with E-state index in [0.717, 1.165) is 31.9 Å². The van der Waals surface area contributed by atoms with Gasteiger partial charge in [0.15, 0.2) is 0 Å². The molecule has 18 heavy (non-hydrogen) atoms. The third-order valence-electron chi connectivity index (χ3n) is 3.31. The number of pyridine rings is 1. The van der Waals surface area contributed by atoms with E-state index >= 15 is 0 Å². The molecule has 0 spiro atoms. The molecule has 98 valence electrons. The van der Waals surface area contributed by atoms with Gasteiger partial charge in [0.2, 0.25) is 0 Å². The topological polar surface area (TPSA) is 45.2 Å². The molecule has 2 rings (SSSR count). The van der Waals surface area contributed by atoms with E-state index in [0.29, 0.717) is 11.5 Å². The Kier molecular flexibility index (Phi) is 4.18. The predicted octanol–water partition coefficient (Wildman–Crippen LogP) is 2.39. The summed E-state index contributed by atoms with van der Waals surface area (Å²) in [4.78, 5) is 18.5. The van der Waals surface area contributed by atoms with Crippen LogP contribution in [-0.4, -0.2) is 35.4 Å². The molecule has 0 saturated carbocycles. The Bertz CT molecular complexity index is 402. The number of rotatable bonds is 3. The van der Waals surface area contributed by atoms with Crippen LogP contribution in [0, 0.1) is 5.92 Å². The molecule has 1 aliphatic rings. The minimum atomic E-state index is 0.108. The lowest BCUT2D eigenvalue weighted by molar-refractivity contribution is 0.0682. The smallest absolute Gasteiger partial charge is 0.255 e. The fourth-order valence-corrected chi connectivity index (χ4v) is 2.36. The van der Waals surface area contributed by atoms with Gasteiger partial charge in [0.25, 0.3) is 5.91 Å². The Morgan fingerprint density at radius 2 is 2.39 bits per heavy atom. The maximum Gasteiger partial charge on any atom is 0.255 e. The highest BCUT2D eigenvalue weighted by molar-refractivity contribution is 5.94. The maximum atomic E-state index is 12.3. The van der Waals surface area contributed by atoms with Gasteiger partial charge in [-0.25, -0.2) is 4.98 Å². The Hall–Kier alpha value is -1.58. The molecule has 4 heteroatoms. The zero-order chi connectivity index (χ0) is 13.0. The van der Waals surface area contributed by atoms with E-state index in [-0.39, 0.29) is 5.91 Å². The van der Waals surface area contributed by atoms with Gasteiger partial charge in [0.1, 0.15) is 5.82 Å². The van der Waals surface area contributed by atoms with Crippen LogP contribution in [-0.2, 0) is 0 Å². The van der Waals surface area contributed by atoms with Crippen molar-refractivity contribution in [2.45, 2.75) is 26.7 Å². The highest BCUT2D eigenvalue weighted by Crippen LogP contribution is 2.18. The lowest BCUT2D eigenvalue weighted by atomic mass is 10.00. The number of amides is 1. The summed E-state index contributed by atoms with van der Waals surface area (Å²) in [5.41, 5.74) is 0.686. The summed E-state index contributed by atoms with van der Waals surface area (Å²) in [6.07, 6.45) is 4.00. The first kappa shape index (κ1) is 12.9. The van der Waals surface area contributed by atoms with Gasteiger partial charge in [-0.1, -0.05) is 6.92 Å². The highest BCUT2D eigenvalue weighted by atomic mass is 16.2. The third-order valence-corrected chi connectivity index (χ3v) is 3.31. The monoisotopic (exact) mass is 247 g/mol. The Balaban J connectivity index is 2.03. The second kappa shape index (κ2) is 5.85. The average molecular weight is 247 g/mol. The van der Waals surface area contributed by atoms with Gasteiger partial charge < -0.3 is 10.2 Å². The zero-order valence-corrected chi connectivity index (χ0v) is 11.1. The molecule has 0 radical (unpaired) electrons. The summed E-state index contributed by atoms with van der Waals surface area (Å²) in [7, 11) is 0. The Labute approximate surface area is 108 Å². The summed E-state index contributed by atoms with van der Waals surface area (Å²) in [5, 5.41) is 3.12. The van der Waals surface area contributed by atoms with Gasteiger partial charge in [0.05, 0.1) is 5.56 Å². The lowest BCUT2D eigenvalue weighted by Gasteiger charge is -2.30. The van der Waals surface area contributed by atoms with Crippen LogP contribution in [0.2, 0.25) is 0 Å². The van der Waals surface area contributed by atoms with Crippen LogP contribution in [0.1, 0.15) is 37.0 Å². The molecule has 2 heterocycles. The quantitative estimate of drug-likeness (QED) is 0.892. The number of nitrogens with zero attached hydrogens (tertiary/aromatic N) is 2. The van der Waals surface area contributed by atoms with Crippen molar-refractivity contribution in [1.29, 1.82) is 0 Å². The van der Waals surface area contributed by atoms with Crippen molar-refractivity contribution in [2.75, 3.05) is 25.0 Å². The summed E-state index contributed by atoms with van der Waals surface area (Å²) < 4.78 is 0. The standard InChI is InChI=1S/C14H21N3O/c1-3-15-13-7-6-12(9-16-13)14(18)17-8-4-5-11(2)10-17/h6-7,9,11H,3-5,8,10H2,1-2H3,(H,15,16). The Morgan fingerprint density at radius 3 is 3.00 bits per heavy atom. The van der Waals surface area contributed by atoms with E-state index in [1.807, 2.05) is 24.0 Å². The molecule has 1 amide bonds. The largest absolute Gasteiger partial charge is 0.370 e. The van der Waals surface area contributed by atoms with Gasteiger partial charge in [0, 0.05) is 25.8 Å². The maximum absolute atomic E-state index is 12.3.